The Kier molecular flexibility index (Phi) is 8.97. The van der Waals surface area contributed by atoms with Crippen LogP contribution in [0.5, 0.6) is 5.75 Å². The number of amides is 2. The number of benzene rings is 2. The summed E-state index contributed by atoms with van der Waals surface area (Å²) in [7, 11) is 0. The molecule has 0 heterocycles. The average molecular weight is 557 g/mol. The first-order valence-corrected chi connectivity index (χ1v) is 10.4. The molecule has 7 N–H and O–H groups in total. The lowest BCUT2D eigenvalue weighted by molar-refractivity contribution is -0.137. The molecule has 0 bridgehead atoms. The van der Waals surface area contributed by atoms with Crippen molar-refractivity contribution in [2.75, 3.05) is 6.54 Å². The Morgan fingerprint density at radius 1 is 1.16 bits per heavy atom. The molecule has 0 spiro atoms. The van der Waals surface area contributed by atoms with Crippen LogP contribution in [-0.4, -0.2) is 40.9 Å². The van der Waals surface area contributed by atoms with E-state index >= 15 is 0 Å². The van der Waals surface area contributed by atoms with E-state index in [-0.39, 0.29) is 17.9 Å². The molecule has 0 radical (unpaired) electrons. The van der Waals surface area contributed by atoms with Gasteiger partial charge in [0.25, 0.3) is 5.91 Å². The number of phenols is 1. The highest BCUT2D eigenvalue weighted by Gasteiger charge is 2.21. The fraction of sp³-hybridized carbons (Fsp3) is 0.158. The van der Waals surface area contributed by atoms with Gasteiger partial charge in [0.15, 0.2) is 0 Å². The molecule has 1 atom stereocenters. The number of hydrogen-bond acceptors (Lipinski definition) is 6. The number of hydrazine groups is 1. The second-order valence-corrected chi connectivity index (χ2v) is 7.92. The van der Waals surface area contributed by atoms with Crippen LogP contribution in [0, 0.1) is 0 Å². The van der Waals surface area contributed by atoms with Gasteiger partial charge in [-0.1, -0.05) is 6.07 Å². The number of rotatable bonds is 9. The van der Waals surface area contributed by atoms with Crippen LogP contribution < -0.4 is 21.9 Å². The number of nitrogens with zero attached hydrogens (tertiary/aromatic N) is 1. The van der Waals surface area contributed by atoms with E-state index in [0.29, 0.717) is 20.2 Å². The smallest absolute Gasteiger partial charge is 0.305 e. The number of carboxylic acid groups (broad SMARTS) is 1. The number of hydrogen-bond donors (Lipinski definition) is 6. The van der Waals surface area contributed by atoms with Crippen molar-refractivity contribution < 1.29 is 24.6 Å². The number of aliphatic imine (C=N–C) groups is 1. The summed E-state index contributed by atoms with van der Waals surface area (Å²) in [5, 5.41) is 24.1. The van der Waals surface area contributed by atoms with Gasteiger partial charge in [0.05, 0.1) is 33.6 Å². The SMILES string of the molecule is NNC=Nc1cccc(C(=O)NCC(=O)NC(CC(=O)O)c2cc(Br)c(O)c(Br)c2)c1. The van der Waals surface area contributed by atoms with Crippen molar-refractivity contribution in [3.8, 4) is 5.75 Å². The zero-order valence-corrected chi connectivity index (χ0v) is 19.1. The van der Waals surface area contributed by atoms with Crippen LogP contribution in [0.3, 0.4) is 0 Å². The molecule has 2 aromatic carbocycles. The summed E-state index contributed by atoms with van der Waals surface area (Å²) in [5.41, 5.74) is 3.48. The van der Waals surface area contributed by atoms with Crippen molar-refractivity contribution in [3.05, 3.63) is 56.5 Å². The van der Waals surface area contributed by atoms with Crippen LogP contribution in [0.15, 0.2) is 50.3 Å². The lowest BCUT2D eigenvalue weighted by atomic mass is 10.0. The Morgan fingerprint density at radius 2 is 1.84 bits per heavy atom. The van der Waals surface area contributed by atoms with Crippen molar-refractivity contribution >= 4 is 61.7 Å². The van der Waals surface area contributed by atoms with Crippen LogP contribution >= 0.6 is 31.9 Å². The molecular formula is C19H19Br2N5O5. The Hall–Kier alpha value is -2.96. The van der Waals surface area contributed by atoms with Gasteiger partial charge in [-0.3, -0.25) is 14.4 Å². The molecule has 12 heteroatoms. The van der Waals surface area contributed by atoms with Gasteiger partial charge in [0, 0.05) is 5.56 Å². The molecule has 0 aliphatic carbocycles. The van der Waals surface area contributed by atoms with Crippen LogP contribution in [0.25, 0.3) is 0 Å². The quantitative estimate of drug-likeness (QED) is 0.119. The Bertz CT molecular complexity index is 992. The van der Waals surface area contributed by atoms with Crippen molar-refractivity contribution in [3.63, 3.8) is 0 Å². The lowest BCUT2D eigenvalue weighted by Crippen LogP contribution is -2.39. The predicted molar refractivity (Wildman–Crippen MR) is 121 cm³/mol. The predicted octanol–water partition coefficient (Wildman–Crippen LogP) is 2.10. The lowest BCUT2D eigenvalue weighted by Gasteiger charge is -2.19. The fourth-order valence-corrected chi connectivity index (χ4v) is 3.78. The summed E-state index contributed by atoms with van der Waals surface area (Å²) in [5.74, 6) is 2.85. The first-order chi connectivity index (χ1) is 14.7. The summed E-state index contributed by atoms with van der Waals surface area (Å²) in [6, 6.07) is 8.50. The molecule has 0 aliphatic heterocycles. The number of nitrogens with one attached hydrogen (secondary N) is 3. The third-order valence-electron chi connectivity index (χ3n) is 3.96. The maximum Gasteiger partial charge on any atom is 0.305 e. The zero-order valence-electron chi connectivity index (χ0n) is 15.9. The standard InChI is InChI=1S/C19H19Br2N5O5/c20-13-5-11(6-14(21)18(13)30)15(7-17(28)29)26-16(27)8-23-19(31)10-2-1-3-12(4-10)24-9-25-22/h1-6,9,15,30H,7-8,22H2,(H,23,31)(H,24,25)(H,26,27)(H,28,29). The molecule has 0 aliphatic rings. The first kappa shape index (κ1) is 24.3. The molecule has 0 fully saturated rings. The van der Waals surface area contributed by atoms with E-state index in [4.69, 9.17) is 5.84 Å². The van der Waals surface area contributed by atoms with Crippen molar-refractivity contribution in [2.24, 2.45) is 10.8 Å². The van der Waals surface area contributed by atoms with E-state index in [2.05, 4.69) is 52.9 Å². The molecular weight excluding hydrogens is 538 g/mol. The zero-order chi connectivity index (χ0) is 23.0. The van der Waals surface area contributed by atoms with Crippen LogP contribution in [-0.2, 0) is 9.59 Å². The third kappa shape index (κ3) is 7.35. The number of halogens is 2. The van der Waals surface area contributed by atoms with Crippen molar-refractivity contribution in [1.29, 1.82) is 0 Å². The van der Waals surface area contributed by atoms with E-state index in [0.717, 1.165) is 0 Å². The number of phenolic OH excluding ortho intramolecular Hbond substituents is 1. The number of aliphatic carboxylic acids is 1. The number of carboxylic acids is 1. The van der Waals surface area contributed by atoms with Crippen molar-refractivity contribution in [2.45, 2.75) is 12.5 Å². The summed E-state index contributed by atoms with van der Waals surface area (Å²) < 4.78 is 0.671. The van der Waals surface area contributed by atoms with Gasteiger partial charge >= 0.3 is 5.97 Å². The van der Waals surface area contributed by atoms with Gasteiger partial charge in [-0.25, -0.2) is 10.8 Å². The molecule has 2 aromatic rings. The molecule has 164 valence electrons. The van der Waals surface area contributed by atoms with Gasteiger partial charge in [0.1, 0.15) is 12.1 Å². The second kappa shape index (κ2) is 11.4. The van der Waals surface area contributed by atoms with Gasteiger partial charge < -0.3 is 26.3 Å². The largest absolute Gasteiger partial charge is 0.506 e. The first-order valence-electron chi connectivity index (χ1n) is 8.77. The van der Waals surface area contributed by atoms with Crippen LogP contribution in [0.2, 0.25) is 0 Å². The van der Waals surface area contributed by atoms with E-state index in [1.54, 1.807) is 18.2 Å². The molecule has 2 amide bonds. The van der Waals surface area contributed by atoms with E-state index in [1.165, 1.54) is 24.5 Å². The van der Waals surface area contributed by atoms with Gasteiger partial charge in [-0.2, -0.15) is 0 Å². The number of carbonyl (C=O) groups excluding carboxylic acids is 2. The molecule has 10 nitrogen and oxygen atoms in total. The maximum absolute atomic E-state index is 12.4. The highest BCUT2D eigenvalue weighted by atomic mass is 79.9. The topological polar surface area (TPSA) is 166 Å². The number of nitrogens with two attached hydrogens (primary N) is 1. The highest BCUT2D eigenvalue weighted by Crippen LogP contribution is 2.35. The molecule has 31 heavy (non-hydrogen) atoms. The third-order valence-corrected chi connectivity index (χ3v) is 5.17. The monoisotopic (exact) mass is 555 g/mol. The average Bonchev–Trinajstić information content (AvgIpc) is 2.73. The fourth-order valence-electron chi connectivity index (χ4n) is 2.56. The maximum atomic E-state index is 12.4. The van der Waals surface area contributed by atoms with E-state index in [9.17, 15) is 24.6 Å². The Morgan fingerprint density at radius 3 is 2.45 bits per heavy atom. The molecule has 1 unspecified atom stereocenters. The molecule has 0 saturated carbocycles. The summed E-state index contributed by atoms with van der Waals surface area (Å²) >= 11 is 6.35. The minimum absolute atomic E-state index is 0.0507. The van der Waals surface area contributed by atoms with Crippen LogP contribution in [0.4, 0.5) is 5.69 Å². The summed E-state index contributed by atoms with van der Waals surface area (Å²) in [6.07, 6.45) is 0.867. The van der Waals surface area contributed by atoms with Crippen LogP contribution in [0.1, 0.15) is 28.4 Å². The van der Waals surface area contributed by atoms with Gasteiger partial charge in [0.2, 0.25) is 5.91 Å². The summed E-state index contributed by atoms with van der Waals surface area (Å²) in [4.78, 5) is 39.9. The molecule has 2 rings (SSSR count). The number of carbonyl (C=O) groups is 3. The highest BCUT2D eigenvalue weighted by molar-refractivity contribution is 9.11. The normalized spacial score (nSPS) is 11.7. The summed E-state index contributed by atoms with van der Waals surface area (Å²) in [6.45, 7) is -0.368. The van der Waals surface area contributed by atoms with Crippen molar-refractivity contribution in [1.82, 2.24) is 16.1 Å². The second-order valence-electron chi connectivity index (χ2n) is 6.21. The van der Waals surface area contributed by atoms with Gasteiger partial charge in [-0.15, -0.1) is 0 Å². The molecule has 0 aromatic heterocycles. The van der Waals surface area contributed by atoms with E-state index in [1.807, 2.05) is 0 Å². The number of aromatic hydroxyl groups is 1. The Balaban J connectivity index is 2.05. The molecule has 0 saturated heterocycles. The minimum Gasteiger partial charge on any atom is -0.506 e. The van der Waals surface area contributed by atoms with E-state index < -0.39 is 30.2 Å². The Labute approximate surface area is 194 Å². The van der Waals surface area contributed by atoms with Gasteiger partial charge in [-0.05, 0) is 67.8 Å². The minimum atomic E-state index is -1.13.